The van der Waals surface area contributed by atoms with E-state index in [2.05, 4.69) is 11.1 Å². The van der Waals surface area contributed by atoms with Gasteiger partial charge in [0.1, 0.15) is 5.82 Å². The first-order valence-electron chi connectivity index (χ1n) is 5.16. The Hall–Kier alpha value is -2.09. The van der Waals surface area contributed by atoms with Crippen molar-refractivity contribution in [1.82, 2.24) is 4.98 Å². The molecular weight excluding hydrogens is 201 g/mol. The molecule has 2 aromatic carbocycles. The van der Waals surface area contributed by atoms with Crippen LogP contribution in [0.2, 0.25) is 0 Å². The molecule has 0 amide bonds. The molecule has 0 saturated heterocycles. The fraction of sp³-hybridized carbons (Fsp3) is 0. The van der Waals surface area contributed by atoms with E-state index < -0.39 is 0 Å². The standard InChI is InChI=1S/C14H10FN/c15-13-3-1-2-10(9-13)11-4-5-14-12(8-11)6-7-16-14/h1-9,16H. The van der Waals surface area contributed by atoms with Crippen LogP contribution in [0.25, 0.3) is 22.0 Å². The number of rotatable bonds is 1. The monoisotopic (exact) mass is 211 g/mol. The summed E-state index contributed by atoms with van der Waals surface area (Å²) in [6.07, 6.45) is 1.90. The van der Waals surface area contributed by atoms with Crippen molar-refractivity contribution >= 4 is 10.9 Å². The highest BCUT2D eigenvalue weighted by atomic mass is 19.1. The second kappa shape index (κ2) is 3.49. The van der Waals surface area contributed by atoms with Crippen LogP contribution in [0.1, 0.15) is 0 Å². The van der Waals surface area contributed by atoms with Gasteiger partial charge in [0.15, 0.2) is 0 Å². The molecule has 16 heavy (non-hydrogen) atoms. The maximum absolute atomic E-state index is 13.1. The summed E-state index contributed by atoms with van der Waals surface area (Å²) in [6, 6.07) is 14.7. The predicted octanol–water partition coefficient (Wildman–Crippen LogP) is 3.97. The summed E-state index contributed by atoms with van der Waals surface area (Å²) in [5.41, 5.74) is 3.04. The van der Waals surface area contributed by atoms with Gasteiger partial charge in [-0.05, 0) is 46.8 Å². The van der Waals surface area contributed by atoms with Gasteiger partial charge in [-0.2, -0.15) is 0 Å². The van der Waals surface area contributed by atoms with Gasteiger partial charge in [0, 0.05) is 11.7 Å². The van der Waals surface area contributed by atoms with Crippen LogP contribution >= 0.6 is 0 Å². The lowest BCUT2D eigenvalue weighted by atomic mass is 10.0. The van der Waals surface area contributed by atoms with Crippen LogP contribution in [0.15, 0.2) is 54.7 Å². The number of aromatic nitrogens is 1. The maximum atomic E-state index is 13.1. The van der Waals surface area contributed by atoms with Crippen LogP contribution < -0.4 is 0 Å². The van der Waals surface area contributed by atoms with Crippen molar-refractivity contribution in [3.05, 3.63) is 60.5 Å². The molecule has 0 unspecified atom stereocenters. The predicted molar refractivity (Wildman–Crippen MR) is 63.7 cm³/mol. The lowest BCUT2D eigenvalue weighted by Crippen LogP contribution is -1.79. The Morgan fingerprint density at radius 1 is 0.875 bits per heavy atom. The van der Waals surface area contributed by atoms with E-state index in [9.17, 15) is 4.39 Å². The van der Waals surface area contributed by atoms with Crippen molar-refractivity contribution in [2.45, 2.75) is 0 Å². The molecule has 78 valence electrons. The third-order valence-electron chi connectivity index (χ3n) is 2.71. The van der Waals surface area contributed by atoms with Gasteiger partial charge in [-0.1, -0.05) is 18.2 Å². The lowest BCUT2D eigenvalue weighted by Gasteiger charge is -2.01. The first-order valence-corrected chi connectivity index (χ1v) is 5.16. The van der Waals surface area contributed by atoms with Gasteiger partial charge in [-0.25, -0.2) is 4.39 Å². The van der Waals surface area contributed by atoms with Crippen molar-refractivity contribution in [3.63, 3.8) is 0 Å². The molecule has 0 aliphatic rings. The normalized spacial score (nSPS) is 10.8. The van der Waals surface area contributed by atoms with E-state index in [0.29, 0.717) is 0 Å². The zero-order valence-electron chi connectivity index (χ0n) is 8.57. The summed E-state index contributed by atoms with van der Waals surface area (Å²) in [4.78, 5) is 3.14. The van der Waals surface area contributed by atoms with Crippen molar-refractivity contribution in [1.29, 1.82) is 0 Å². The number of halogens is 1. The number of fused-ring (bicyclic) bond motifs is 1. The van der Waals surface area contributed by atoms with E-state index in [0.717, 1.165) is 22.0 Å². The summed E-state index contributed by atoms with van der Waals surface area (Å²) < 4.78 is 13.1. The fourth-order valence-electron chi connectivity index (χ4n) is 1.90. The SMILES string of the molecule is Fc1cccc(-c2ccc3[nH]ccc3c2)c1. The van der Waals surface area contributed by atoms with Crippen molar-refractivity contribution in [2.75, 3.05) is 0 Å². The van der Waals surface area contributed by atoms with Crippen molar-refractivity contribution in [3.8, 4) is 11.1 Å². The number of aromatic amines is 1. The highest BCUT2D eigenvalue weighted by Gasteiger charge is 2.01. The summed E-state index contributed by atoms with van der Waals surface area (Å²) in [5.74, 6) is -0.202. The molecule has 2 heteroatoms. The Bertz CT molecular complexity index is 640. The minimum atomic E-state index is -0.202. The van der Waals surface area contributed by atoms with Crippen molar-refractivity contribution < 1.29 is 4.39 Å². The van der Waals surface area contributed by atoms with E-state index in [1.54, 1.807) is 12.1 Å². The quantitative estimate of drug-likeness (QED) is 0.626. The Kier molecular flexibility index (Phi) is 2.00. The van der Waals surface area contributed by atoms with Gasteiger partial charge in [0.05, 0.1) is 0 Å². The number of H-pyrrole nitrogens is 1. The van der Waals surface area contributed by atoms with Gasteiger partial charge in [-0.3, -0.25) is 0 Å². The highest BCUT2D eigenvalue weighted by Crippen LogP contribution is 2.24. The van der Waals surface area contributed by atoms with Crippen LogP contribution in [0.3, 0.4) is 0 Å². The van der Waals surface area contributed by atoms with Crippen molar-refractivity contribution in [2.24, 2.45) is 0 Å². The van der Waals surface area contributed by atoms with E-state index >= 15 is 0 Å². The molecule has 1 heterocycles. The van der Waals surface area contributed by atoms with E-state index in [1.165, 1.54) is 6.07 Å². The zero-order chi connectivity index (χ0) is 11.0. The average Bonchev–Trinajstić information content (AvgIpc) is 2.75. The van der Waals surface area contributed by atoms with E-state index in [-0.39, 0.29) is 5.82 Å². The molecule has 1 N–H and O–H groups in total. The Labute approximate surface area is 92.5 Å². The molecule has 0 atom stereocenters. The summed E-state index contributed by atoms with van der Waals surface area (Å²) in [7, 11) is 0. The molecule has 0 aliphatic carbocycles. The zero-order valence-corrected chi connectivity index (χ0v) is 8.57. The molecule has 0 radical (unpaired) electrons. The van der Waals surface area contributed by atoms with Gasteiger partial charge >= 0.3 is 0 Å². The number of nitrogens with one attached hydrogen (secondary N) is 1. The Morgan fingerprint density at radius 2 is 1.75 bits per heavy atom. The lowest BCUT2D eigenvalue weighted by molar-refractivity contribution is 0.628. The largest absolute Gasteiger partial charge is 0.361 e. The van der Waals surface area contributed by atoms with Crippen LogP contribution in [0.5, 0.6) is 0 Å². The Balaban J connectivity index is 2.18. The minimum absolute atomic E-state index is 0.202. The second-order valence-electron chi connectivity index (χ2n) is 3.79. The molecule has 3 aromatic rings. The van der Waals surface area contributed by atoms with E-state index in [1.807, 2.05) is 30.5 Å². The number of benzene rings is 2. The highest BCUT2D eigenvalue weighted by molar-refractivity contribution is 5.84. The third-order valence-corrected chi connectivity index (χ3v) is 2.71. The van der Waals surface area contributed by atoms with Crippen LogP contribution in [0, 0.1) is 5.82 Å². The minimum Gasteiger partial charge on any atom is -0.361 e. The smallest absolute Gasteiger partial charge is 0.123 e. The maximum Gasteiger partial charge on any atom is 0.123 e. The van der Waals surface area contributed by atoms with Gasteiger partial charge in [0.2, 0.25) is 0 Å². The van der Waals surface area contributed by atoms with Gasteiger partial charge < -0.3 is 4.98 Å². The first-order chi connectivity index (χ1) is 7.83. The second-order valence-corrected chi connectivity index (χ2v) is 3.79. The van der Waals surface area contributed by atoms with Gasteiger partial charge in [0.25, 0.3) is 0 Å². The van der Waals surface area contributed by atoms with E-state index in [4.69, 9.17) is 0 Å². The summed E-state index contributed by atoms with van der Waals surface area (Å²) in [5, 5.41) is 1.14. The summed E-state index contributed by atoms with van der Waals surface area (Å²) in [6.45, 7) is 0. The number of hydrogen-bond donors (Lipinski definition) is 1. The molecular formula is C14H10FN. The first kappa shape index (κ1) is 9.16. The molecule has 3 rings (SSSR count). The summed E-state index contributed by atoms with van der Waals surface area (Å²) >= 11 is 0. The average molecular weight is 211 g/mol. The molecule has 1 nitrogen and oxygen atoms in total. The fourth-order valence-corrected chi connectivity index (χ4v) is 1.90. The molecule has 0 fully saturated rings. The topological polar surface area (TPSA) is 15.8 Å². The molecule has 0 saturated carbocycles. The molecule has 0 spiro atoms. The number of hydrogen-bond acceptors (Lipinski definition) is 0. The van der Waals surface area contributed by atoms with Gasteiger partial charge in [-0.15, -0.1) is 0 Å². The molecule has 0 bridgehead atoms. The molecule has 1 aromatic heterocycles. The van der Waals surface area contributed by atoms with Crippen LogP contribution in [0.4, 0.5) is 4.39 Å². The Morgan fingerprint density at radius 3 is 2.62 bits per heavy atom. The third kappa shape index (κ3) is 1.48. The molecule has 0 aliphatic heterocycles. The van der Waals surface area contributed by atoms with Crippen LogP contribution in [-0.2, 0) is 0 Å². The van der Waals surface area contributed by atoms with Crippen LogP contribution in [-0.4, -0.2) is 4.98 Å².